The number of carbonyl (C=O) groups excluding carboxylic acids is 1. The normalized spacial score (nSPS) is 12.2. The number of hydrogen-bond donors (Lipinski definition) is 0. The van der Waals surface area contributed by atoms with Crippen molar-refractivity contribution in [2.24, 2.45) is 0 Å². The lowest BCUT2D eigenvalue weighted by molar-refractivity contribution is -0.152. The Balaban J connectivity index is 2.32. The van der Waals surface area contributed by atoms with Crippen molar-refractivity contribution in [1.29, 1.82) is 0 Å². The summed E-state index contributed by atoms with van der Waals surface area (Å²) in [4.78, 5) is 11.5. The summed E-state index contributed by atoms with van der Waals surface area (Å²) < 4.78 is 18.3. The fraction of sp³-hybridized carbons (Fsp3) is 0.188. The largest absolute Gasteiger partial charge is 0.450 e. The van der Waals surface area contributed by atoms with Crippen molar-refractivity contribution in [2.45, 2.75) is 19.2 Å². The molecule has 0 radical (unpaired) electrons. The maximum absolute atomic E-state index is 13.0. The van der Waals surface area contributed by atoms with Crippen molar-refractivity contribution in [3.8, 4) is 0 Å². The van der Waals surface area contributed by atoms with E-state index in [1.807, 2.05) is 60.7 Å². The van der Waals surface area contributed by atoms with Crippen LogP contribution in [0.15, 0.2) is 60.7 Å². The molecule has 0 N–H and O–H groups in total. The van der Waals surface area contributed by atoms with Crippen molar-refractivity contribution in [3.05, 3.63) is 71.8 Å². The number of hydrogen-bond acceptors (Lipinski definition) is 2. The maximum Gasteiger partial charge on any atom is 0.341 e. The fourth-order valence-electron chi connectivity index (χ4n) is 1.79. The summed E-state index contributed by atoms with van der Waals surface area (Å²) in [5.74, 6) is -0.849. The molecule has 2 aromatic rings. The predicted octanol–water partition coefficient (Wildman–Crippen LogP) is 3.68. The molecule has 2 aromatic carbocycles. The number of esters is 1. The second-order valence-corrected chi connectivity index (χ2v) is 4.25. The molecule has 0 amide bonds. The van der Waals surface area contributed by atoms with E-state index in [2.05, 4.69) is 0 Å². The summed E-state index contributed by atoms with van der Waals surface area (Å²) in [6.07, 6.45) is -2.21. The third-order valence-corrected chi connectivity index (χ3v) is 2.76. The van der Waals surface area contributed by atoms with Crippen LogP contribution in [0, 0.1) is 0 Å². The molecule has 1 atom stereocenters. The molecule has 2 nitrogen and oxygen atoms in total. The Morgan fingerprint density at radius 3 is 1.74 bits per heavy atom. The molecule has 19 heavy (non-hydrogen) atoms. The Morgan fingerprint density at radius 1 is 0.947 bits per heavy atom. The Kier molecular flexibility index (Phi) is 4.29. The molecule has 2 rings (SSSR count). The number of alkyl halides is 1. The number of benzene rings is 2. The van der Waals surface area contributed by atoms with E-state index in [4.69, 9.17) is 4.74 Å². The molecule has 0 saturated carbocycles. The summed E-state index contributed by atoms with van der Waals surface area (Å²) in [6.45, 7) is 1.18. The van der Waals surface area contributed by atoms with Crippen LogP contribution in [0.1, 0.15) is 24.2 Å². The van der Waals surface area contributed by atoms with E-state index in [1.54, 1.807) is 0 Å². The number of halogens is 1. The highest BCUT2D eigenvalue weighted by molar-refractivity contribution is 5.74. The molecule has 0 aliphatic carbocycles. The van der Waals surface area contributed by atoms with Gasteiger partial charge in [-0.1, -0.05) is 60.7 Å². The quantitative estimate of drug-likeness (QED) is 0.782. The first-order chi connectivity index (χ1) is 9.18. The van der Waals surface area contributed by atoms with Crippen LogP contribution in [0.3, 0.4) is 0 Å². The minimum absolute atomic E-state index is 0.576. The zero-order chi connectivity index (χ0) is 13.7. The van der Waals surface area contributed by atoms with Gasteiger partial charge in [0.25, 0.3) is 0 Å². The summed E-state index contributed by atoms with van der Waals surface area (Å²) in [6, 6.07) is 18.6. The van der Waals surface area contributed by atoms with Gasteiger partial charge in [0.05, 0.1) is 0 Å². The zero-order valence-corrected chi connectivity index (χ0v) is 10.6. The molecule has 0 saturated heterocycles. The minimum Gasteiger partial charge on any atom is -0.450 e. The molecular weight excluding hydrogens is 243 g/mol. The Bertz CT molecular complexity index is 483. The lowest BCUT2D eigenvalue weighted by atomic mass is 10.0. The highest BCUT2D eigenvalue weighted by atomic mass is 19.1. The van der Waals surface area contributed by atoms with E-state index in [1.165, 1.54) is 6.92 Å². The van der Waals surface area contributed by atoms with E-state index in [-0.39, 0.29) is 0 Å². The van der Waals surface area contributed by atoms with Gasteiger partial charge >= 0.3 is 5.97 Å². The SMILES string of the molecule is CC(F)C(=O)OC(c1ccccc1)c1ccccc1. The first-order valence-electron chi connectivity index (χ1n) is 6.13. The van der Waals surface area contributed by atoms with Crippen molar-refractivity contribution in [3.63, 3.8) is 0 Å². The fourth-order valence-corrected chi connectivity index (χ4v) is 1.79. The molecule has 0 aromatic heterocycles. The summed E-state index contributed by atoms with van der Waals surface area (Å²) in [5.41, 5.74) is 1.64. The van der Waals surface area contributed by atoms with Gasteiger partial charge in [-0.15, -0.1) is 0 Å². The maximum atomic E-state index is 13.0. The average Bonchev–Trinajstić information content (AvgIpc) is 2.46. The third-order valence-electron chi connectivity index (χ3n) is 2.76. The molecule has 98 valence electrons. The van der Waals surface area contributed by atoms with Crippen molar-refractivity contribution < 1.29 is 13.9 Å². The summed E-state index contributed by atoms with van der Waals surface area (Å²) >= 11 is 0. The van der Waals surface area contributed by atoms with E-state index >= 15 is 0 Å². The highest BCUT2D eigenvalue weighted by Crippen LogP contribution is 2.26. The Labute approximate surface area is 111 Å². The number of carbonyl (C=O) groups is 1. The standard InChI is InChI=1S/C16H15FO2/c1-12(17)16(18)19-15(13-8-4-2-5-9-13)14-10-6-3-7-11-14/h2-12,15H,1H3. The molecule has 0 fully saturated rings. The summed E-state index contributed by atoms with van der Waals surface area (Å²) in [5, 5.41) is 0. The van der Waals surface area contributed by atoms with Crippen LogP contribution >= 0.6 is 0 Å². The van der Waals surface area contributed by atoms with E-state index in [0.29, 0.717) is 0 Å². The molecular formula is C16H15FO2. The van der Waals surface area contributed by atoms with Gasteiger partial charge in [-0.25, -0.2) is 9.18 Å². The lowest BCUT2D eigenvalue weighted by Crippen LogP contribution is -2.19. The number of rotatable bonds is 4. The van der Waals surface area contributed by atoms with Crippen LogP contribution < -0.4 is 0 Å². The molecule has 0 spiro atoms. The third kappa shape index (κ3) is 3.41. The second-order valence-electron chi connectivity index (χ2n) is 4.25. The van der Waals surface area contributed by atoms with Gasteiger partial charge in [0.15, 0.2) is 12.3 Å². The van der Waals surface area contributed by atoms with Gasteiger partial charge in [-0.05, 0) is 18.1 Å². The van der Waals surface area contributed by atoms with Crippen LogP contribution in [0.2, 0.25) is 0 Å². The van der Waals surface area contributed by atoms with Gasteiger partial charge < -0.3 is 4.74 Å². The number of ether oxygens (including phenoxy) is 1. The Hall–Kier alpha value is -2.16. The second kappa shape index (κ2) is 6.14. The molecule has 0 bridgehead atoms. The van der Waals surface area contributed by atoms with Gasteiger partial charge in [-0.3, -0.25) is 0 Å². The van der Waals surface area contributed by atoms with Crippen molar-refractivity contribution in [1.82, 2.24) is 0 Å². The summed E-state index contributed by atoms with van der Waals surface area (Å²) in [7, 11) is 0. The van der Waals surface area contributed by atoms with Crippen LogP contribution in [-0.4, -0.2) is 12.1 Å². The topological polar surface area (TPSA) is 26.3 Å². The molecule has 1 unspecified atom stereocenters. The van der Waals surface area contributed by atoms with Crippen LogP contribution in [0.5, 0.6) is 0 Å². The van der Waals surface area contributed by atoms with E-state index in [9.17, 15) is 9.18 Å². The van der Waals surface area contributed by atoms with Gasteiger partial charge in [0.2, 0.25) is 0 Å². The minimum atomic E-state index is -1.63. The molecule has 0 aliphatic rings. The van der Waals surface area contributed by atoms with E-state index in [0.717, 1.165) is 11.1 Å². The van der Waals surface area contributed by atoms with Gasteiger partial charge in [-0.2, -0.15) is 0 Å². The highest BCUT2D eigenvalue weighted by Gasteiger charge is 2.22. The first kappa shape index (κ1) is 13.3. The predicted molar refractivity (Wildman–Crippen MR) is 71.4 cm³/mol. The van der Waals surface area contributed by atoms with Crippen molar-refractivity contribution >= 4 is 5.97 Å². The van der Waals surface area contributed by atoms with Gasteiger partial charge in [0, 0.05) is 0 Å². The van der Waals surface area contributed by atoms with Gasteiger partial charge in [0.1, 0.15) is 0 Å². The molecule has 0 aliphatic heterocycles. The molecule has 3 heteroatoms. The monoisotopic (exact) mass is 258 g/mol. The van der Waals surface area contributed by atoms with Crippen LogP contribution in [0.25, 0.3) is 0 Å². The average molecular weight is 258 g/mol. The Morgan fingerprint density at radius 2 is 1.37 bits per heavy atom. The first-order valence-corrected chi connectivity index (χ1v) is 6.13. The van der Waals surface area contributed by atoms with Crippen LogP contribution in [-0.2, 0) is 9.53 Å². The van der Waals surface area contributed by atoms with Crippen molar-refractivity contribution in [2.75, 3.05) is 0 Å². The van der Waals surface area contributed by atoms with E-state index < -0.39 is 18.2 Å². The smallest absolute Gasteiger partial charge is 0.341 e. The zero-order valence-electron chi connectivity index (χ0n) is 10.6. The molecule has 0 heterocycles. The lowest BCUT2D eigenvalue weighted by Gasteiger charge is -2.19. The van der Waals surface area contributed by atoms with Crippen LogP contribution in [0.4, 0.5) is 4.39 Å².